The van der Waals surface area contributed by atoms with Crippen molar-refractivity contribution in [2.24, 2.45) is 0 Å². The molecule has 0 atom stereocenters. The van der Waals surface area contributed by atoms with Gasteiger partial charge in [-0.3, -0.25) is 4.79 Å². The molecule has 3 N–H and O–H groups in total. The summed E-state index contributed by atoms with van der Waals surface area (Å²) in [4.78, 5) is 26.5. The Morgan fingerprint density at radius 3 is 2.14 bits per heavy atom. The number of nitrogens with zero attached hydrogens (tertiary/aromatic N) is 4. The van der Waals surface area contributed by atoms with Gasteiger partial charge in [0.05, 0.1) is 19.7 Å². The van der Waals surface area contributed by atoms with Crippen LogP contribution in [0.2, 0.25) is 0 Å². The van der Waals surface area contributed by atoms with Gasteiger partial charge < -0.3 is 30.1 Å². The summed E-state index contributed by atoms with van der Waals surface area (Å²) >= 11 is 0. The van der Waals surface area contributed by atoms with Crippen LogP contribution in [-0.2, 0) is 12.8 Å². The molecule has 0 saturated carbocycles. The molecule has 0 spiro atoms. The van der Waals surface area contributed by atoms with Gasteiger partial charge in [0.25, 0.3) is 5.91 Å². The summed E-state index contributed by atoms with van der Waals surface area (Å²) in [5, 5.41) is 11.1. The van der Waals surface area contributed by atoms with Gasteiger partial charge in [-0.2, -0.15) is 4.98 Å². The number of aromatic nitrogens is 2. The first-order chi connectivity index (χ1) is 17.8. The maximum absolute atomic E-state index is 13.6. The van der Waals surface area contributed by atoms with Crippen LogP contribution in [0.15, 0.2) is 24.3 Å². The molecular weight excluding hydrogens is 470 g/mol. The number of nitrogens with two attached hydrogens (primary N) is 1. The van der Waals surface area contributed by atoms with E-state index >= 15 is 0 Å². The number of rotatable bonds is 12. The first kappa shape index (κ1) is 27.8. The summed E-state index contributed by atoms with van der Waals surface area (Å²) in [7, 11) is 5.03. The number of ether oxygens (including phenoxy) is 2. The molecule has 0 bridgehead atoms. The molecule has 37 heavy (non-hydrogen) atoms. The molecule has 0 fully saturated rings. The molecule has 1 amide bonds. The van der Waals surface area contributed by atoms with Crippen LogP contribution in [0.5, 0.6) is 17.2 Å². The smallest absolute Gasteiger partial charge is 0.253 e. The molecule has 3 rings (SSSR count). The lowest BCUT2D eigenvalue weighted by Crippen LogP contribution is -2.38. The van der Waals surface area contributed by atoms with Crippen molar-refractivity contribution in [3.63, 3.8) is 0 Å². The molecule has 0 saturated heterocycles. The third kappa shape index (κ3) is 6.15. The Morgan fingerprint density at radius 2 is 1.57 bits per heavy atom. The molecule has 0 radical (unpaired) electrons. The van der Waals surface area contributed by atoms with Gasteiger partial charge in [0.2, 0.25) is 5.95 Å². The molecule has 0 aliphatic heterocycles. The highest BCUT2D eigenvalue weighted by molar-refractivity contribution is 5.95. The van der Waals surface area contributed by atoms with Gasteiger partial charge in [0, 0.05) is 43.7 Å². The molecule has 0 aliphatic carbocycles. The minimum atomic E-state index is -0.0398. The van der Waals surface area contributed by atoms with Crippen molar-refractivity contribution >= 4 is 28.6 Å². The topological polar surface area (TPSA) is 114 Å². The maximum atomic E-state index is 13.6. The van der Waals surface area contributed by atoms with Gasteiger partial charge in [-0.1, -0.05) is 27.2 Å². The number of unbranched alkanes of at least 4 members (excludes halogenated alkanes) is 1. The number of benzene rings is 2. The van der Waals surface area contributed by atoms with Crippen LogP contribution in [0.4, 0.5) is 11.8 Å². The fourth-order valence-electron chi connectivity index (χ4n) is 4.28. The number of phenolic OH excluding ortho intramolecular Hbond substituents is 1. The van der Waals surface area contributed by atoms with E-state index in [1.54, 1.807) is 26.4 Å². The fraction of sp³-hybridized carbons (Fsp3) is 0.464. The predicted octanol–water partition coefficient (Wildman–Crippen LogP) is 4.44. The van der Waals surface area contributed by atoms with E-state index in [-0.39, 0.29) is 5.91 Å². The molecule has 1 heterocycles. The van der Waals surface area contributed by atoms with E-state index in [2.05, 4.69) is 16.9 Å². The van der Waals surface area contributed by atoms with Crippen LogP contribution < -0.4 is 20.1 Å². The van der Waals surface area contributed by atoms with Gasteiger partial charge in [-0.25, -0.2) is 4.98 Å². The zero-order valence-corrected chi connectivity index (χ0v) is 22.8. The molecule has 0 unspecified atom stereocenters. The summed E-state index contributed by atoms with van der Waals surface area (Å²) in [6.07, 6.45) is 3.20. The van der Waals surface area contributed by atoms with E-state index in [0.717, 1.165) is 24.0 Å². The minimum absolute atomic E-state index is 0.0398. The summed E-state index contributed by atoms with van der Waals surface area (Å²) < 4.78 is 10.8. The number of likely N-dealkylation sites (N-methyl/N-ethyl adjacent to an activating group) is 1. The highest BCUT2D eigenvalue weighted by Crippen LogP contribution is 2.34. The van der Waals surface area contributed by atoms with E-state index < -0.39 is 0 Å². The predicted molar refractivity (Wildman–Crippen MR) is 148 cm³/mol. The average molecular weight is 510 g/mol. The fourth-order valence-corrected chi connectivity index (χ4v) is 4.28. The highest BCUT2D eigenvalue weighted by Gasteiger charge is 2.20. The second-order valence-corrected chi connectivity index (χ2v) is 9.05. The number of hydrogen-bond acceptors (Lipinski definition) is 8. The van der Waals surface area contributed by atoms with Crippen LogP contribution >= 0.6 is 0 Å². The Kier molecular flexibility index (Phi) is 9.38. The van der Waals surface area contributed by atoms with Crippen molar-refractivity contribution in [3.05, 3.63) is 41.0 Å². The van der Waals surface area contributed by atoms with Crippen molar-refractivity contribution < 1.29 is 19.4 Å². The quantitative estimate of drug-likeness (QED) is 0.368. The van der Waals surface area contributed by atoms with Gasteiger partial charge >= 0.3 is 0 Å². The number of amides is 1. The first-order valence-electron chi connectivity index (χ1n) is 12.8. The maximum Gasteiger partial charge on any atom is 0.253 e. The molecule has 0 aliphatic rings. The third-order valence-corrected chi connectivity index (χ3v) is 6.61. The number of carbonyl (C=O) groups excluding carboxylic acids is 1. The molecule has 1 aromatic heterocycles. The Labute approximate surface area is 219 Å². The molecule has 200 valence electrons. The van der Waals surface area contributed by atoms with E-state index in [0.29, 0.717) is 78.0 Å². The SMILES string of the molecule is CCCCN(CCN(C)c1nc(N)c2cc(OC)c(OC)cc2n1)C(=O)c1cc(CC)c(O)c(CC)c1. The summed E-state index contributed by atoms with van der Waals surface area (Å²) in [6, 6.07) is 7.18. The monoisotopic (exact) mass is 509 g/mol. The molecule has 9 heteroatoms. The lowest BCUT2D eigenvalue weighted by atomic mass is 10.00. The second kappa shape index (κ2) is 12.5. The van der Waals surface area contributed by atoms with Crippen LogP contribution in [0.1, 0.15) is 55.1 Å². The number of fused-ring (bicyclic) bond motifs is 1. The number of anilines is 2. The Hall–Kier alpha value is -3.75. The van der Waals surface area contributed by atoms with Crippen molar-refractivity contribution in [2.45, 2.75) is 46.5 Å². The second-order valence-electron chi connectivity index (χ2n) is 9.05. The lowest BCUT2D eigenvalue weighted by molar-refractivity contribution is 0.0757. The van der Waals surface area contributed by atoms with E-state index in [1.807, 2.05) is 42.8 Å². The summed E-state index contributed by atoms with van der Waals surface area (Å²) in [5.41, 5.74) is 9.11. The van der Waals surface area contributed by atoms with Gasteiger partial charge in [-0.15, -0.1) is 0 Å². The Balaban J connectivity index is 1.84. The zero-order chi connectivity index (χ0) is 27.1. The van der Waals surface area contributed by atoms with Gasteiger partial charge in [0.15, 0.2) is 11.5 Å². The van der Waals surface area contributed by atoms with E-state index in [4.69, 9.17) is 15.2 Å². The van der Waals surface area contributed by atoms with E-state index in [9.17, 15) is 9.90 Å². The highest BCUT2D eigenvalue weighted by atomic mass is 16.5. The number of hydrogen-bond donors (Lipinski definition) is 2. The minimum Gasteiger partial charge on any atom is -0.507 e. The normalized spacial score (nSPS) is 11.0. The Bertz CT molecular complexity index is 1220. The molecule has 3 aromatic rings. The van der Waals surface area contributed by atoms with Gasteiger partial charge in [0.1, 0.15) is 11.6 Å². The zero-order valence-electron chi connectivity index (χ0n) is 22.8. The first-order valence-corrected chi connectivity index (χ1v) is 12.8. The number of methoxy groups -OCH3 is 2. The Morgan fingerprint density at radius 1 is 0.946 bits per heavy atom. The number of nitrogen functional groups attached to an aromatic ring is 1. The lowest BCUT2D eigenvalue weighted by Gasteiger charge is -2.26. The standard InChI is InChI=1S/C28H39N5O4/c1-7-10-11-33(27(35)20-14-18(8-2)25(34)19(9-3)15-20)13-12-32(4)28-30-22-17-24(37-6)23(36-5)16-21(22)26(29)31-28/h14-17,34H,7-13H2,1-6H3,(H2,29,30,31). The van der Waals surface area contributed by atoms with Crippen molar-refractivity contribution in [2.75, 3.05) is 51.5 Å². The van der Waals surface area contributed by atoms with Crippen LogP contribution in [-0.4, -0.2) is 66.8 Å². The van der Waals surface area contributed by atoms with E-state index in [1.165, 1.54) is 0 Å². The van der Waals surface area contributed by atoms with Gasteiger partial charge in [-0.05, 0) is 48.6 Å². The summed E-state index contributed by atoms with van der Waals surface area (Å²) in [6.45, 7) is 7.72. The van der Waals surface area contributed by atoms with Crippen LogP contribution in [0.25, 0.3) is 10.9 Å². The van der Waals surface area contributed by atoms with Crippen molar-refractivity contribution in [3.8, 4) is 17.2 Å². The van der Waals surface area contributed by atoms with Crippen LogP contribution in [0, 0.1) is 0 Å². The van der Waals surface area contributed by atoms with Crippen molar-refractivity contribution in [1.29, 1.82) is 0 Å². The average Bonchev–Trinajstić information content (AvgIpc) is 2.91. The molecule has 9 nitrogen and oxygen atoms in total. The number of aryl methyl sites for hydroxylation is 2. The number of aromatic hydroxyl groups is 1. The largest absolute Gasteiger partial charge is 0.507 e. The number of carbonyl (C=O) groups is 1. The third-order valence-electron chi connectivity index (χ3n) is 6.61. The van der Waals surface area contributed by atoms with Crippen LogP contribution in [0.3, 0.4) is 0 Å². The van der Waals surface area contributed by atoms with Crippen molar-refractivity contribution in [1.82, 2.24) is 14.9 Å². The molecular formula is C28H39N5O4. The summed E-state index contributed by atoms with van der Waals surface area (Å²) in [5.74, 6) is 2.18. The number of phenols is 1. The molecule has 2 aromatic carbocycles.